The van der Waals surface area contributed by atoms with Crippen LogP contribution in [0, 0.1) is 17.3 Å². The second-order valence-corrected chi connectivity index (χ2v) is 6.37. The maximum atomic E-state index is 12.9. The fraction of sp³-hybridized carbons (Fsp3) is 0.867. The van der Waals surface area contributed by atoms with Gasteiger partial charge in [0.2, 0.25) is 0 Å². The zero-order valence-corrected chi connectivity index (χ0v) is 11.5. The second-order valence-electron chi connectivity index (χ2n) is 6.37. The van der Waals surface area contributed by atoms with Crippen LogP contribution in [0.4, 0.5) is 4.39 Å². The van der Waals surface area contributed by atoms with Crippen LogP contribution in [0.25, 0.3) is 0 Å². The molecule has 0 aromatic carbocycles. The molecule has 0 N–H and O–H groups in total. The molecule has 1 aliphatic carbocycles. The van der Waals surface area contributed by atoms with Crippen LogP contribution in [0.1, 0.15) is 46.5 Å². The Kier molecular flexibility index (Phi) is 5.64. The summed E-state index contributed by atoms with van der Waals surface area (Å²) in [5.74, 6) is 1.46. The Hall–Kier alpha value is -0.370. The molecule has 0 aromatic rings. The van der Waals surface area contributed by atoms with Crippen LogP contribution < -0.4 is 0 Å². The highest BCUT2D eigenvalue weighted by atomic mass is 19.1. The van der Waals surface area contributed by atoms with Crippen LogP contribution in [0.3, 0.4) is 0 Å². The minimum absolute atomic E-state index is 0.169. The average molecular weight is 242 g/mol. The summed E-state index contributed by atoms with van der Waals surface area (Å²) < 4.78 is 18.3. The third-order valence-electron chi connectivity index (χ3n) is 3.96. The van der Waals surface area contributed by atoms with Crippen molar-refractivity contribution < 1.29 is 9.13 Å². The molecule has 2 heteroatoms. The first-order chi connectivity index (χ1) is 7.93. The van der Waals surface area contributed by atoms with Crippen LogP contribution in [0.15, 0.2) is 12.7 Å². The van der Waals surface area contributed by atoms with E-state index in [0.717, 1.165) is 5.92 Å². The molecule has 17 heavy (non-hydrogen) atoms. The van der Waals surface area contributed by atoms with Crippen molar-refractivity contribution >= 4 is 0 Å². The largest absolute Gasteiger partial charge is 0.378 e. The van der Waals surface area contributed by atoms with Gasteiger partial charge in [-0.05, 0) is 42.9 Å². The van der Waals surface area contributed by atoms with Crippen LogP contribution >= 0.6 is 0 Å². The third kappa shape index (κ3) is 5.20. The lowest BCUT2D eigenvalue weighted by atomic mass is 9.70. The Morgan fingerprint density at radius 2 is 1.88 bits per heavy atom. The Labute approximate surface area is 105 Å². The molecular weight excluding hydrogens is 215 g/mol. The van der Waals surface area contributed by atoms with Crippen molar-refractivity contribution in [2.24, 2.45) is 17.3 Å². The first-order valence-electron chi connectivity index (χ1n) is 6.78. The fourth-order valence-corrected chi connectivity index (χ4v) is 2.61. The lowest BCUT2D eigenvalue weighted by Crippen LogP contribution is -2.27. The zero-order valence-electron chi connectivity index (χ0n) is 11.5. The highest BCUT2D eigenvalue weighted by Crippen LogP contribution is 2.39. The van der Waals surface area contributed by atoms with Gasteiger partial charge in [0.15, 0.2) is 0 Å². The van der Waals surface area contributed by atoms with Gasteiger partial charge in [0.1, 0.15) is 6.17 Å². The molecule has 0 saturated heterocycles. The maximum Gasteiger partial charge on any atom is 0.141 e. The van der Waals surface area contributed by atoms with E-state index in [1.165, 1.54) is 31.8 Å². The standard InChI is InChI=1S/C15H27FO/c1-5-14(16)11-17-10-12-6-8-13(9-7-12)15(2,3)4/h5,12-14H,1,6-11H2,2-4H3. The monoisotopic (exact) mass is 242 g/mol. The summed E-state index contributed by atoms with van der Waals surface area (Å²) in [6.07, 6.45) is 5.33. The van der Waals surface area contributed by atoms with E-state index in [0.29, 0.717) is 17.9 Å². The summed E-state index contributed by atoms with van der Waals surface area (Å²) in [6.45, 7) is 11.3. The summed E-state index contributed by atoms with van der Waals surface area (Å²) in [6, 6.07) is 0. The van der Waals surface area contributed by atoms with Gasteiger partial charge in [-0.15, -0.1) is 6.58 Å². The van der Waals surface area contributed by atoms with E-state index in [1.54, 1.807) is 0 Å². The topological polar surface area (TPSA) is 9.23 Å². The summed E-state index contributed by atoms with van der Waals surface area (Å²) in [5, 5.41) is 0. The molecular formula is C15H27FO. The van der Waals surface area contributed by atoms with Crippen molar-refractivity contribution in [2.75, 3.05) is 13.2 Å². The smallest absolute Gasteiger partial charge is 0.141 e. The van der Waals surface area contributed by atoms with E-state index in [2.05, 4.69) is 27.4 Å². The Balaban J connectivity index is 2.17. The maximum absolute atomic E-state index is 12.9. The van der Waals surface area contributed by atoms with Gasteiger partial charge in [-0.3, -0.25) is 0 Å². The van der Waals surface area contributed by atoms with Gasteiger partial charge < -0.3 is 4.74 Å². The number of alkyl halides is 1. The van der Waals surface area contributed by atoms with Crippen molar-refractivity contribution in [2.45, 2.75) is 52.6 Å². The molecule has 0 heterocycles. The molecule has 0 bridgehead atoms. The SMILES string of the molecule is C=CC(F)COCC1CCC(C(C)(C)C)CC1. The van der Waals surface area contributed by atoms with Crippen molar-refractivity contribution in [1.29, 1.82) is 0 Å². The Morgan fingerprint density at radius 1 is 1.29 bits per heavy atom. The van der Waals surface area contributed by atoms with Crippen LogP contribution in [0.5, 0.6) is 0 Å². The van der Waals surface area contributed by atoms with E-state index < -0.39 is 6.17 Å². The Morgan fingerprint density at radius 3 is 2.35 bits per heavy atom. The number of hydrogen-bond acceptors (Lipinski definition) is 1. The predicted molar refractivity (Wildman–Crippen MR) is 70.8 cm³/mol. The van der Waals surface area contributed by atoms with Crippen molar-refractivity contribution in [3.05, 3.63) is 12.7 Å². The molecule has 0 radical (unpaired) electrons. The van der Waals surface area contributed by atoms with Crippen molar-refractivity contribution in [1.82, 2.24) is 0 Å². The molecule has 0 amide bonds. The summed E-state index contributed by atoms with van der Waals surface area (Å²) in [4.78, 5) is 0. The third-order valence-corrected chi connectivity index (χ3v) is 3.96. The zero-order chi connectivity index (χ0) is 12.9. The molecule has 0 aromatic heterocycles. The lowest BCUT2D eigenvalue weighted by Gasteiger charge is -2.36. The molecule has 0 spiro atoms. The van der Waals surface area contributed by atoms with Gasteiger partial charge in [0.05, 0.1) is 6.61 Å². The first-order valence-corrected chi connectivity index (χ1v) is 6.78. The van der Waals surface area contributed by atoms with Gasteiger partial charge >= 0.3 is 0 Å². The lowest BCUT2D eigenvalue weighted by molar-refractivity contribution is 0.0441. The molecule has 1 saturated carbocycles. The van der Waals surface area contributed by atoms with Crippen LogP contribution in [-0.4, -0.2) is 19.4 Å². The second kappa shape index (κ2) is 6.53. The number of rotatable bonds is 5. The van der Waals surface area contributed by atoms with Crippen LogP contribution in [-0.2, 0) is 4.74 Å². The quantitative estimate of drug-likeness (QED) is 0.650. The summed E-state index contributed by atoms with van der Waals surface area (Å²) >= 11 is 0. The summed E-state index contributed by atoms with van der Waals surface area (Å²) in [5.41, 5.74) is 0.429. The molecule has 1 unspecified atom stereocenters. The molecule has 1 atom stereocenters. The minimum Gasteiger partial charge on any atom is -0.378 e. The minimum atomic E-state index is -1.01. The van der Waals surface area contributed by atoms with E-state index in [9.17, 15) is 4.39 Å². The molecule has 1 aliphatic rings. The number of halogens is 1. The van der Waals surface area contributed by atoms with Gasteiger partial charge in [-0.25, -0.2) is 4.39 Å². The first kappa shape index (κ1) is 14.7. The van der Waals surface area contributed by atoms with E-state index in [1.807, 2.05) is 0 Å². The highest BCUT2D eigenvalue weighted by Gasteiger charge is 2.29. The van der Waals surface area contributed by atoms with Crippen molar-refractivity contribution in [3.63, 3.8) is 0 Å². The predicted octanol–water partition coefficient (Wildman–Crippen LogP) is 4.38. The number of ether oxygens (including phenoxy) is 1. The van der Waals surface area contributed by atoms with Crippen molar-refractivity contribution in [3.8, 4) is 0 Å². The Bertz CT molecular complexity index is 224. The molecule has 0 aliphatic heterocycles. The normalized spacial score (nSPS) is 27.8. The van der Waals surface area contributed by atoms with Gasteiger partial charge in [0, 0.05) is 6.61 Å². The molecule has 1 fully saturated rings. The molecule has 100 valence electrons. The average Bonchev–Trinajstić information content (AvgIpc) is 2.28. The number of hydrogen-bond donors (Lipinski definition) is 0. The van der Waals surface area contributed by atoms with E-state index >= 15 is 0 Å². The molecule has 1 rings (SSSR count). The van der Waals surface area contributed by atoms with Crippen LogP contribution in [0.2, 0.25) is 0 Å². The van der Waals surface area contributed by atoms with Gasteiger partial charge in [-0.1, -0.05) is 26.8 Å². The van der Waals surface area contributed by atoms with Gasteiger partial charge in [-0.2, -0.15) is 0 Å². The molecule has 1 nitrogen and oxygen atoms in total. The highest BCUT2D eigenvalue weighted by molar-refractivity contribution is 4.81. The van der Waals surface area contributed by atoms with E-state index in [4.69, 9.17) is 4.74 Å². The summed E-state index contributed by atoms with van der Waals surface area (Å²) in [7, 11) is 0. The fourth-order valence-electron chi connectivity index (χ4n) is 2.61. The van der Waals surface area contributed by atoms with Gasteiger partial charge in [0.25, 0.3) is 0 Å². The van der Waals surface area contributed by atoms with E-state index in [-0.39, 0.29) is 6.61 Å².